The van der Waals surface area contributed by atoms with E-state index in [-0.39, 0.29) is 0 Å². The maximum Gasteiger partial charge on any atom is 0.314 e. The molecule has 0 amide bonds. The molecule has 0 spiro atoms. The zero-order chi connectivity index (χ0) is 20.7. The number of rotatable bonds is 9. The highest BCUT2D eigenvalue weighted by Gasteiger charge is 2.44. The summed E-state index contributed by atoms with van der Waals surface area (Å²) in [6.07, 6.45) is 16.9. The fourth-order valence-electron chi connectivity index (χ4n) is 6.16. The van der Waals surface area contributed by atoms with Crippen molar-refractivity contribution < 1.29 is 9.90 Å². The molecular weight excluding hydrogens is 356 g/mol. The highest BCUT2D eigenvalue weighted by Crippen LogP contribution is 2.47. The van der Waals surface area contributed by atoms with Gasteiger partial charge in [-0.15, -0.1) is 0 Å². The lowest BCUT2D eigenvalue weighted by Crippen LogP contribution is -2.41. The summed E-state index contributed by atoms with van der Waals surface area (Å²) in [5.41, 5.74) is 1.73. The van der Waals surface area contributed by atoms with Gasteiger partial charge in [0.2, 0.25) is 0 Å². The average molecular weight is 399 g/mol. The minimum atomic E-state index is -0.655. The normalized spacial score (nSPS) is 30.2. The Hall–Kier alpha value is -1.31. The number of hydrogen-bond donors (Lipinski definition) is 1. The van der Waals surface area contributed by atoms with Gasteiger partial charge in [0.05, 0.1) is 5.41 Å². The van der Waals surface area contributed by atoms with Crippen LogP contribution in [-0.4, -0.2) is 11.1 Å². The van der Waals surface area contributed by atoms with Crippen LogP contribution in [0.5, 0.6) is 0 Å². The van der Waals surface area contributed by atoms with Gasteiger partial charge in [-0.3, -0.25) is 4.79 Å². The number of carboxylic acid groups (broad SMARTS) is 1. The molecule has 2 heteroatoms. The number of aliphatic carboxylic acids is 1. The van der Waals surface area contributed by atoms with Crippen molar-refractivity contribution in [3.05, 3.63) is 35.4 Å². The average Bonchev–Trinajstić information content (AvgIpc) is 2.75. The van der Waals surface area contributed by atoms with Crippen molar-refractivity contribution in [1.29, 1.82) is 0 Å². The third kappa shape index (κ3) is 5.44. The van der Waals surface area contributed by atoms with Gasteiger partial charge in [-0.05, 0) is 80.2 Å². The third-order valence-corrected chi connectivity index (χ3v) is 8.12. The molecule has 1 aromatic rings. The molecule has 0 saturated heterocycles. The van der Waals surface area contributed by atoms with Crippen LogP contribution in [0.2, 0.25) is 0 Å². The Morgan fingerprint density at radius 2 is 1.52 bits per heavy atom. The molecule has 0 unspecified atom stereocenters. The van der Waals surface area contributed by atoms with E-state index in [2.05, 4.69) is 38.1 Å². The van der Waals surface area contributed by atoms with Crippen LogP contribution in [0.3, 0.4) is 0 Å². The van der Waals surface area contributed by atoms with Crippen molar-refractivity contribution in [2.24, 2.45) is 17.8 Å². The summed E-state index contributed by atoms with van der Waals surface area (Å²) in [6, 6.07) is 8.59. The van der Waals surface area contributed by atoms with E-state index in [0.29, 0.717) is 0 Å². The smallest absolute Gasteiger partial charge is 0.314 e. The minimum absolute atomic E-state index is 0.610. The first-order valence-electron chi connectivity index (χ1n) is 12.4. The molecule has 2 aliphatic rings. The van der Waals surface area contributed by atoms with Crippen molar-refractivity contribution in [2.45, 2.75) is 109 Å². The molecule has 0 heterocycles. The Balaban J connectivity index is 1.59. The van der Waals surface area contributed by atoms with Crippen molar-refractivity contribution >= 4 is 5.97 Å². The topological polar surface area (TPSA) is 37.3 Å². The van der Waals surface area contributed by atoms with Crippen LogP contribution in [0, 0.1) is 17.8 Å². The number of aryl methyl sites for hydroxylation is 1. The van der Waals surface area contributed by atoms with Crippen LogP contribution in [0.25, 0.3) is 0 Å². The van der Waals surface area contributed by atoms with E-state index in [9.17, 15) is 9.90 Å². The van der Waals surface area contributed by atoms with Crippen LogP contribution in [0.15, 0.2) is 24.3 Å². The van der Waals surface area contributed by atoms with E-state index < -0.39 is 11.4 Å². The predicted molar refractivity (Wildman–Crippen MR) is 121 cm³/mol. The third-order valence-electron chi connectivity index (χ3n) is 8.12. The van der Waals surface area contributed by atoms with Crippen LogP contribution >= 0.6 is 0 Å². The second-order valence-electron chi connectivity index (χ2n) is 9.95. The highest BCUT2D eigenvalue weighted by molar-refractivity contribution is 5.81. The summed E-state index contributed by atoms with van der Waals surface area (Å²) >= 11 is 0. The fraction of sp³-hybridized carbons (Fsp3) is 0.741. The second kappa shape index (κ2) is 10.6. The largest absolute Gasteiger partial charge is 0.481 e. The number of benzene rings is 1. The molecule has 0 aliphatic heterocycles. The number of carbonyl (C=O) groups is 1. The van der Waals surface area contributed by atoms with Crippen molar-refractivity contribution in [3.8, 4) is 0 Å². The maximum atomic E-state index is 12.4. The van der Waals surface area contributed by atoms with Gasteiger partial charge in [-0.25, -0.2) is 0 Å². The lowest BCUT2D eigenvalue weighted by atomic mass is 9.62. The Kier molecular flexibility index (Phi) is 8.21. The summed E-state index contributed by atoms with van der Waals surface area (Å²) in [4.78, 5) is 12.4. The molecule has 0 bridgehead atoms. The molecule has 2 aliphatic carbocycles. The summed E-state index contributed by atoms with van der Waals surface area (Å²) in [5.74, 6) is 1.93. The van der Waals surface area contributed by atoms with Gasteiger partial charge in [0.1, 0.15) is 0 Å². The Morgan fingerprint density at radius 3 is 2.07 bits per heavy atom. The monoisotopic (exact) mass is 398 g/mol. The molecular formula is C27H42O2. The first-order valence-corrected chi connectivity index (χ1v) is 12.4. The first kappa shape index (κ1) is 22.4. The predicted octanol–water partition coefficient (Wildman–Crippen LogP) is 7.54. The van der Waals surface area contributed by atoms with Gasteiger partial charge in [0.15, 0.2) is 0 Å². The van der Waals surface area contributed by atoms with Crippen LogP contribution in [-0.2, 0) is 16.6 Å². The van der Waals surface area contributed by atoms with Crippen LogP contribution in [0.1, 0.15) is 108 Å². The zero-order valence-corrected chi connectivity index (χ0v) is 18.8. The van der Waals surface area contributed by atoms with Crippen LogP contribution in [0.4, 0.5) is 0 Å². The van der Waals surface area contributed by atoms with Gasteiger partial charge in [0, 0.05) is 0 Å². The van der Waals surface area contributed by atoms with Crippen LogP contribution < -0.4 is 0 Å². The molecule has 0 aromatic heterocycles. The highest BCUT2D eigenvalue weighted by atomic mass is 16.4. The fourth-order valence-corrected chi connectivity index (χ4v) is 6.16. The number of hydrogen-bond acceptors (Lipinski definition) is 1. The molecule has 1 N–H and O–H groups in total. The molecule has 0 radical (unpaired) electrons. The van der Waals surface area contributed by atoms with E-state index >= 15 is 0 Å². The summed E-state index contributed by atoms with van der Waals surface area (Å²) in [7, 11) is 0. The van der Waals surface area contributed by atoms with E-state index in [1.165, 1.54) is 63.4 Å². The van der Waals surface area contributed by atoms with E-state index in [1.807, 2.05) is 0 Å². The molecule has 29 heavy (non-hydrogen) atoms. The van der Waals surface area contributed by atoms with Crippen molar-refractivity contribution in [2.75, 3.05) is 0 Å². The molecule has 1 aromatic carbocycles. The minimum Gasteiger partial charge on any atom is -0.481 e. The molecule has 2 nitrogen and oxygen atoms in total. The quantitative estimate of drug-likeness (QED) is 0.436. The molecule has 2 saturated carbocycles. The van der Waals surface area contributed by atoms with Gasteiger partial charge in [-0.2, -0.15) is 0 Å². The number of unbranched alkanes of at least 4 members (excludes halogenated alkanes) is 2. The standard InChI is InChI=1S/C27H42O2/c1-3-5-6-8-22-11-15-25(16-12-22)27(26(28)29)19-17-24(18-20-27)23-13-9-21(7-4-2)10-14-23/h11-12,15-16,21,23-24H,3-10,13-14,17-20H2,1-2H3,(H,28,29). The Labute approximate surface area is 178 Å². The van der Waals surface area contributed by atoms with E-state index in [0.717, 1.165) is 55.4 Å². The first-order chi connectivity index (χ1) is 14.1. The Bertz CT molecular complexity index is 616. The van der Waals surface area contributed by atoms with Gasteiger partial charge >= 0.3 is 5.97 Å². The number of carboxylic acids is 1. The van der Waals surface area contributed by atoms with Crippen molar-refractivity contribution in [1.82, 2.24) is 0 Å². The van der Waals surface area contributed by atoms with Gasteiger partial charge < -0.3 is 5.11 Å². The molecule has 3 rings (SSSR count). The summed E-state index contributed by atoms with van der Waals surface area (Å²) in [6.45, 7) is 4.53. The molecule has 2 fully saturated rings. The SMILES string of the molecule is CCCCCc1ccc(C2(C(=O)O)CCC(C3CCC(CCC)CC3)CC2)cc1. The van der Waals surface area contributed by atoms with Crippen molar-refractivity contribution in [3.63, 3.8) is 0 Å². The second-order valence-corrected chi connectivity index (χ2v) is 9.95. The van der Waals surface area contributed by atoms with Gasteiger partial charge in [0.25, 0.3) is 0 Å². The zero-order valence-electron chi connectivity index (χ0n) is 18.8. The molecule has 162 valence electrons. The lowest BCUT2D eigenvalue weighted by molar-refractivity contribution is -0.146. The Morgan fingerprint density at radius 1 is 0.897 bits per heavy atom. The van der Waals surface area contributed by atoms with Gasteiger partial charge in [-0.1, -0.05) is 76.6 Å². The molecule has 0 atom stereocenters. The lowest BCUT2D eigenvalue weighted by Gasteiger charge is -2.42. The maximum absolute atomic E-state index is 12.4. The van der Waals surface area contributed by atoms with E-state index in [4.69, 9.17) is 0 Å². The summed E-state index contributed by atoms with van der Waals surface area (Å²) < 4.78 is 0. The van der Waals surface area contributed by atoms with E-state index in [1.54, 1.807) is 0 Å². The summed E-state index contributed by atoms with van der Waals surface area (Å²) in [5, 5.41) is 10.2.